The fourth-order valence-electron chi connectivity index (χ4n) is 9.80. The number of rotatable bonds is 17. The van der Waals surface area contributed by atoms with E-state index in [4.69, 9.17) is 33.9 Å². The molecule has 0 saturated heterocycles. The quantitative estimate of drug-likeness (QED) is 0.0580. The summed E-state index contributed by atoms with van der Waals surface area (Å²) in [7, 11) is 2.52. The molecule has 6 aromatic rings. The Hall–Kier alpha value is -7.32. The van der Waals surface area contributed by atoms with Gasteiger partial charge >= 0.3 is 12.2 Å². The van der Waals surface area contributed by atoms with Gasteiger partial charge in [-0.2, -0.15) is 10.2 Å². The molecular formula is C54H58N8O10S2. The number of aryl methyl sites for hydroxylation is 2. The number of hydrogen-bond donors (Lipinski definition) is 3. The fourth-order valence-corrected chi connectivity index (χ4v) is 12.1. The van der Waals surface area contributed by atoms with Crippen LogP contribution < -0.4 is 29.6 Å². The molecule has 4 aromatic carbocycles. The monoisotopic (exact) mass is 1040 g/mol. The topological polar surface area (TPSA) is 201 Å². The summed E-state index contributed by atoms with van der Waals surface area (Å²) in [5.74, 6) is 2.06. The van der Waals surface area contributed by atoms with Gasteiger partial charge in [-0.15, -0.1) is 0 Å². The minimum Gasteiger partial charge on any atom is -0.465 e. The molecule has 18 nitrogen and oxygen atoms in total. The largest absolute Gasteiger partial charge is 0.465 e. The van der Waals surface area contributed by atoms with Crippen LogP contribution in [0.3, 0.4) is 0 Å². The Labute approximate surface area is 436 Å². The normalized spacial score (nSPS) is 17.2. The standard InChI is InChI=1S/C54H58N8O10S2/c1-54(2,3)72-53(67)56-41(51(64)60-23-25-62-45(43(60)19-15-35-12-8-5-9-13-35)29-39(58-62)37-17-21-47-49(27-37)71-33-69-47)31-74-73-30-40(55-52(65)66)50(63)59-22-24-61-44(42(59)18-14-34-10-6-4-7-11-34)28-38(57-61)36-16-20-46-48(26-36)70-32-68-46/h4-13,16-17,20-21,26-29,40-43,55H,14-15,18-19,22-25,30-33H2,1-3H3,(H,56,67)(H,65,66)/t40-,41-,42?,43?/m0/s1. The molecule has 4 atom stereocenters. The zero-order valence-corrected chi connectivity index (χ0v) is 42.9. The molecule has 10 rings (SSSR count). The maximum absolute atomic E-state index is 15.1. The minimum absolute atomic E-state index is 0.0397. The molecule has 4 amide bonds. The van der Waals surface area contributed by atoms with Crippen molar-refractivity contribution in [1.29, 1.82) is 0 Å². The van der Waals surface area contributed by atoms with Crippen LogP contribution in [0.1, 0.15) is 68.2 Å². The zero-order valence-electron chi connectivity index (χ0n) is 41.3. The number of ether oxygens (including phenoxy) is 5. The van der Waals surface area contributed by atoms with E-state index >= 15 is 4.79 Å². The molecule has 20 heteroatoms. The van der Waals surface area contributed by atoms with Crippen molar-refractivity contribution in [3.8, 4) is 45.5 Å². The summed E-state index contributed by atoms with van der Waals surface area (Å²) in [4.78, 5) is 59.4. The number of nitrogens with one attached hydrogen (secondary N) is 2. The number of benzene rings is 4. The molecule has 0 bridgehead atoms. The molecule has 3 N–H and O–H groups in total. The van der Waals surface area contributed by atoms with Gasteiger partial charge in [0.1, 0.15) is 17.7 Å². The molecule has 2 aromatic heterocycles. The molecule has 4 aliphatic rings. The highest BCUT2D eigenvalue weighted by atomic mass is 33.1. The van der Waals surface area contributed by atoms with Crippen LogP contribution in [0.15, 0.2) is 109 Å². The smallest absolute Gasteiger partial charge is 0.408 e. The van der Waals surface area contributed by atoms with Crippen LogP contribution in [0.4, 0.5) is 9.59 Å². The summed E-state index contributed by atoms with van der Waals surface area (Å²) < 4.78 is 32.0. The van der Waals surface area contributed by atoms with E-state index in [9.17, 15) is 19.5 Å². The molecule has 0 spiro atoms. The Balaban J connectivity index is 0.871. The summed E-state index contributed by atoms with van der Waals surface area (Å²) in [6, 6.07) is 32.5. The van der Waals surface area contributed by atoms with Crippen molar-refractivity contribution in [1.82, 2.24) is 40.0 Å². The SMILES string of the molecule is CC(C)(C)OC(=O)N[C@@H](CSSC[C@H](NC(=O)O)C(=O)N1CCn2nc(-c3ccc4c(c3)OCO4)cc2C1CCc1ccccc1)C(=O)N1CCn2nc(-c3ccc4c(c3)OCO4)cc2C1CCc1ccccc1. The first-order chi connectivity index (χ1) is 35.8. The number of fused-ring (bicyclic) bond motifs is 4. The van der Waals surface area contributed by atoms with Crippen LogP contribution in [0.2, 0.25) is 0 Å². The van der Waals surface area contributed by atoms with Crippen molar-refractivity contribution < 1.29 is 48.0 Å². The third-order valence-corrected chi connectivity index (χ3v) is 15.7. The number of aromatic nitrogens is 4. The Morgan fingerprint density at radius 3 is 1.51 bits per heavy atom. The van der Waals surface area contributed by atoms with Gasteiger partial charge in [0.05, 0.1) is 47.9 Å². The Morgan fingerprint density at radius 1 is 0.622 bits per heavy atom. The summed E-state index contributed by atoms with van der Waals surface area (Å²) in [6.07, 6.45) is 0.393. The van der Waals surface area contributed by atoms with Gasteiger partial charge in [0.25, 0.3) is 0 Å². The number of carboxylic acid groups (broad SMARTS) is 1. The van der Waals surface area contributed by atoms with Crippen molar-refractivity contribution in [2.24, 2.45) is 0 Å². The van der Waals surface area contributed by atoms with Crippen LogP contribution in [0.25, 0.3) is 22.5 Å². The van der Waals surface area contributed by atoms with E-state index < -0.39 is 42.0 Å². The number of amides is 4. The van der Waals surface area contributed by atoms with Crippen molar-refractivity contribution in [3.63, 3.8) is 0 Å². The molecule has 6 heterocycles. The van der Waals surface area contributed by atoms with Gasteiger partial charge in [-0.25, -0.2) is 9.59 Å². The number of hydrogen-bond acceptors (Lipinski definition) is 13. The summed E-state index contributed by atoms with van der Waals surface area (Å²) in [5.41, 5.74) is 6.23. The molecule has 4 aliphatic heterocycles. The lowest BCUT2D eigenvalue weighted by Crippen LogP contribution is -2.54. The highest BCUT2D eigenvalue weighted by Crippen LogP contribution is 2.41. The lowest BCUT2D eigenvalue weighted by Gasteiger charge is -2.38. The van der Waals surface area contributed by atoms with Crippen LogP contribution in [-0.4, -0.2) is 114 Å². The van der Waals surface area contributed by atoms with Crippen LogP contribution in [-0.2, 0) is 40.3 Å². The molecule has 386 valence electrons. The van der Waals surface area contributed by atoms with Crippen molar-refractivity contribution in [2.75, 3.05) is 38.2 Å². The first-order valence-corrected chi connectivity index (χ1v) is 27.2. The lowest BCUT2D eigenvalue weighted by molar-refractivity contribution is -0.137. The molecule has 74 heavy (non-hydrogen) atoms. The second kappa shape index (κ2) is 22.0. The van der Waals surface area contributed by atoms with Crippen LogP contribution >= 0.6 is 21.6 Å². The van der Waals surface area contributed by atoms with E-state index in [1.165, 1.54) is 21.6 Å². The van der Waals surface area contributed by atoms with Gasteiger partial charge in [0, 0.05) is 35.7 Å². The van der Waals surface area contributed by atoms with Gasteiger partial charge in [-0.3, -0.25) is 19.0 Å². The zero-order chi connectivity index (χ0) is 51.3. The highest BCUT2D eigenvalue weighted by molar-refractivity contribution is 8.76. The molecule has 0 fully saturated rings. The molecule has 0 radical (unpaired) electrons. The average molecular weight is 1040 g/mol. The van der Waals surface area contributed by atoms with Crippen LogP contribution in [0, 0.1) is 0 Å². The maximum atomic E-state index is 15.1. The van der Waals surface area contributed by atoms with E-state index in [0.29, 0.717) is 74.9 Å². The van der Waals surface area contributed by atoms with E-state index in [1.54, 1.807) is 25.7 Å². The first-order valence-electron chi connectivity index (χ1n) is 24.7. The van der Waals surface area contributed by atoms with E-state index in [1.807, 2.05) is 111 Å². The predicted molar refractivity (Wildman–Crippen MR) is 279 cm³/mol. The Morgan fingerprint density at radius 2 is 1.07 bits per heavy atom. The van der Waals surface area contributed by atoms with Gasteiger partial charge in [-0.1, -0.05) is 82.3 Å². The van der Waals surface area contributed by atoms with Crippen molar-refractivity contribution in [2.45, 2.75) is 89.3 Å². The van der Waals surface area contributed by atoms with Crippen molar-refractivity contribution >= 4 is 45.6 Å². The van der Waals surface area contributed by atoms with Gasteiger partial charge in [0.15, 0.2) is 23.0 Å². The molecule has 0 aliphatic carbocycles. The fraction of sp³-hybridized carbons (Fsp3) is 0.370. The van der Waals surface area contributed by atoms with E-state index in [0.717, 1.165) is 45.0 Å². The molecule has 2 unspecified atom stereocenters. The maximum Gasteiger partial charge on any atom is 0.408 e. The number of alkyl carbamates (subject to hydrolysis) is 1. The van der Waals surface area contributed by atoms with E-state index in [2.05, 4.69) is 22.8 Å². The van der Waals surface area contributed by atoms with Crippen LogP contribution in [0.5, 0.6) is 23.0 Å². The van der Waals surface area contributed by atoms with Gasteiger partial charge < -0.3 is 49.2 Å². The second-order valence-electron chi connectivity index (χ2n) is 19.4. The van der Waals surface area contributed by atoms with Crippen molar-refractivity contribution in [3.05, 3.63) is 132 Å². The number of carbonyl (C=O) groups excluding carboxylic acids is 3. The number of carbonyl (C=O) groups is 4. The Kier molecular flexibility index (Phi) is 15.0. The highest BCUT2D eigenvalue weighted by Gasteiger charge is 2.39. The van der Waals surface area contributed by atoms with E-state index in [-0.39, 0.29) is 36.9 Å². The third-order valence-electron chi connectivity index (χ3n) is 13.3. The Bertz CT molecular complexity index is 3000. The van der Waals surface area contributed by atoms with Gasteiger partial charge in [-0.05, 0) is 106 Å². The van der Waals surface area contributed by atoms with Gasteiger partial charge in [0.2, 0.25) is 25.4 Å². The molecule has 0 saturated carbocycles. The predicted octanol–water partition coefficient (Wildman–Crippen LogP) is 8.51. The summed E-state index contributed by atoms with van der Waals surface area (Å²) in [5, 5.41) is 25.4. The third kappa shape index (κ3) is 11.6. The minimum atomic E-state index is -1.34. The summed E-state index contributed by atoms with van der Waals surface area (Å²) >= 11 is 0. The summed E-state index contributed by atoms with van der Waals surface area (Å²) in [6.45, 7) is 7.02. The molecular weight excluding hydrogens is 985 g/mol. The second-order valence-corrected chi connectivity index (χ2v) is 22.0. The number of nitrogens with zero attached hydrogens (tertiary/aromatic N) is 6. The average Bonchev–Trinajstić information content (AvgIpc) is 4.23. The lowest BCUT2D eigenvalue weighted by atomic mass is 9.98. The first kappa shape index (κ1) is 50.2.